The minimum absolute atomic E-state index is 0.101. The SMILES string of the molecule is Cc1[nH]c2ccc(F)cc2c(=O)c1CN(C)Cc1ccccc1. The number of hydrogen-bond acceptors (Lipinski definition) is 2. The molecule has 1 aromatic heterocycles. The van der Waals surface area contributed by atoms with Crippen LogP contribution in [0.15, 0.2) is 53.3 Å². The van der Waals surface area contributed by atoms with Gasteiger partial charge < -0.3 is 4.98 Å². The summed E-state index contributed by atoms with van der Waals surface area (Å²) in [5, 5.41) is 0.402. The fourth-order valence-corrected chi connectivity index (χ4v) is 2.83. The third-order valence-corrected chi connectivity index (χ3v) is 4.00. The largest absolute Gasteiger partial charge is 0.358 e. The standard InChI is InChI=1S/C19H19FN2O/c1-13-17(12-22(2)11-14-6-4-3-5-7-14)19(23)16-10-15(20)8-9-18(16)21-13/h3-10H,11-12H2,1-2H3,(H,21,23). The second-order valence-corrected chi connectivity index (χ2v) is 5.91. The summed E-state index contributed by atoms with van der Waals surface area (Å²) in [4.78, 5) is 18.0. The van der Waals surface area contributed by atoms with Gasteiger partial charge in [0.2, 0.25) is 0 Å². The molecule has 0 spiro atoms. The highest BCUT2D eigenvalue weighted by Gasteiger charge is 2.12. The number of benzene rings is 2. The topological polar surface area (TPSA) is 36.1 Å². The molecule has 0 saturated carbocycles. The monoisotopic (exact) mass is 310 g/mol. The van der Waals surface area contributed by atoms with E-state index in [0.717, 1.165) is 12.2 Å². The predicted molar refractivity (Wildman–Crippen MR) is 90.9 cm³/mol. The minimum atomic E-state index is -0.393. The zero-order valence-electron chi connectivity index (χ0n) is 13.3. The van der Waals surface area contributed by atoms with Crippen LogP contribution in [0.5, 0.6) is 0 Å². The van der Waals surface area contributed by atoms with E-state index in [1.54, 1.807) is 6.07 Å². The van der Waals surface area contributed by atoms with Crippen LogP contribution < -0.4 is 5.43 Å². The molecule has 0 unspecified atom stereocenters. The highest BCUT2D eigenvalue weighted by Crippen LogP contribution is 2.14. The van der Waals surface area contributed by atoms with Crippen molar-refractivity contribution in [3.05, 3.63) is 81.4 Å². The van der Waals surface area contributed by atoms with Crippen molar-refractivity contribution >= 4 is 10.9 Å². The molecule has 1 N–H and O–H groups in total. The molecule has 3 aromatic rings. The first-order chi connectivity index (χ1) is 11.0. The number of pyridine rings is 1. The van der Waals surface area contributed by atoms with Crippen LogP contribution >= 0.6 is 0 Å². The first kappa shape index (κ1) is 15.4. The van der Waals surface area contributed by atoms with Gasteiger partial charge in [0.25, 0.3) is 0 Å². The molecule has 0 aliphatic rings. The number of aromatic amines is 1. The Bertz CT molecular complexity index is 887. The number of aryl methyl sites for hydroxylation is 1. The maximum atomic E-state index is 13.4. The van der Waals surface area contributed by atoms with E-state index >= 15 is 0 Å². The molecular weight excluding hydrogens is 291 g/mol. The molecule has 1 heterocycles. The van der Waals surface area contributed by atoms with Crippen LogP contribution in [0.25, 0.3) is 10.9 Å². The van der Waals surface area contributed by atoms with E-state index in [1.165, 1.54) is 17.7 Å². The van der Waals surface area contributed by atoms with Crippen molar-refractivity contribution in [2.45, 2.75) is 20.0 Å². The molecular formula is C19H19FN2O. The second-order valence-electron chi connectivity index (χ2n) is 5.91. The third kappa shape index (κ3) is 3.32. The van der Waals surface area contributed by atoms with Crippen LogP contribution in [-0.4, -0.2) is 16.9 Å². The van der Waals surface area contributed by atoms with Gasteiger partial charge in [0.05, 0.1) is 0 Å². The van der Waals surface area contributed by atoms with Crippen LogP contribution in [0.3, 0.4) is 0 Å². The van der Waals surface area contributed by atoms with Gasteiger partial charge in [-0.1, -0.05) is 30.3 Å². The Morgan fingerprint density at radius 2 is 1.83 bits per heavy atom. The summed E-state index contributed by atoms with van der Waals surface area (Å²) in [5.41, 5.74) is 3.27. The molecule has 118 valence electrons. The molecule has 0 fully saturated rings. The second kappa shape index (κ2) is 6.34. The van der Waals surface area contributed by atoms with Gasteiger partial charge in [0.1, 0.15) is 5.82 Å². The van der Waals surface area contributed by atoms with Crippen LogP contribution in [0.4, 0.5) is 4.39 Å². The van der Waals surface area contributed by atoms with Gasteiger partial charge in [-0.05, 0) is 37.7 Å². The van der Waals surface area contributed by atoms with Crippen molar-refractivity contribution < 1.29 is 4.39 Å². The first-order valence-corrected chi connectivity index (χ1v) is 7.58. The smallest absolute Gasteiger partial charge is 0.194 e. The quantitative estimate of drug-likeness (QED) is 0.799. The summed E-state index contributed by atoms with van der Waals surface area (Å²) in [5.74, 6) is -0.393. The van der Waals surface area contributed by atoms with E-state index in [0.29, 0.717) is 23.0 Å². The molecule has 2 aromatic carbocycles. The molecule has 0 amide bonds. The first-order valence-electron chi connectivity index (χ1n) is 7.58. The van der Waals surface area contributed by atoms with Crippen molar-refractivity contribution in [2.75, 3.05) is 7.05 Å². The van der Waals surface area contributed by atoms with Crippen molar-refractivity contribution in [3.63, 3.8) is 0 Å². The summed E-state index contributed by atoms with van der Waals surface area (Å²) < 4.78 is 13.4. The zero-order chi connectivity index (χ0) is 16.4. The Balaban J connectivity index is 1.92. The number of aromatic nitrogens is 1. The third-order valence-electron chi connectivity index (χ3n) is 4.00. The predicted octanol–water partition coefficient (Wildman–Crippen LogP) is 3.61. The number of nitrogens with one attached hydrogen (secondary N) is 1. The Hall–Kier alpha value is -2.46. The van der Waals surface area contributed by atoms with E-state index in [9.17, 15) is 9.18 Å². The Morgan fingerprint density at radius 3 is 2.57 bits per heavy atom. The van der Waals surface area contributed by atoms with E-state index in [4.69, 9.17) is 0 Å². The fraction of sp³-hybridized carbons (Fsp3) is 0.211. The molecule has 0 aliphatic carbocycles. The number of halogens is 1. The van der Waals surface area contributed by atoms with Gasteiger partial charge in [-0.15, -0.1) is 0 Å². The normalized spacial score (nSPS) is 11.3. The molecule has 0 bridgehead atoms. The van der Waals surface area contributed by atoms with Crippen molar-refractivity contribution in [1.82, 2.24) is 9.88 Å². The van der Waals surface area contributed by atoms with Crippen LogP contribution in [0, 0.1) is 12.7 Å². The lowest BCUT2D eigenvalue weighted by atomic mass is 10.1. The Morgan fingerprint density at radius 1 is 1.09 bits per heavy atom. The Labute approximate surface area is 134 Å². The zero-order valence-corrected chi connectivity index (χ0v) is 13.3. The van der Waals surface area contributed by atoms with Gasteiger partial charge in [-0.2, -0.15) is 0 Å². The molecule has 0 aliphatic heterocycles. The van der Waals surface area contributed by atoms with Crippen LogP contribution in [0.2, 0.25) is 0 Å². The Kier molecular flexibility index (Phi) is 4.26. The van der Waals surface area contributed by atoms with Gasteiger partial charge in [0.15, 0.2) is 5.43 Å². The highest BCUT2D eigenvalue weighted by atomic mass is 19.1. The molecule has 4 heteroatoms. The number of nitrogens with zero attached hydrogens (tertiary/aromatic N) is 1. The van der Waals surface area contributed by atoms with Crippen LogP contribution in [0.1, 0.15) is 16.8 Å². The summed E-state index contributed by atoms with van der Waals surface area (Å²) >= 11 is 0. The number of rotatable bonds is 4. The van der Waals surface area contributed by atoms with Crippen molar-refractivity contribution in [1.29, 1.82) is 0 Å². The van der Waals surface area contributed by atoms with Gasteiger partial charge in [-0.25, -0.2) is 4.39 Å². The molecule has 0 saturated heterocycles. The molecule has 3 rings (SSSR count). The number of fused-ring (bicyclic) bond motifs is 1. The lowest BCUT2D eigenvalue weighted by molar-refractivity contribution is 0.317. The lowest BCUT2D eigenvalue weighted by Crippen LogP contribution is -2.24. The number of hydrogen-bond donors (Lipinski definition) is 1. The van der Waals surface area contributed by atoms with Gasteiger partial charge >= 0.3 is 0 Å². The fourth-order valence-electron chi connectivity index (χ4n) is 2.83. The van der Waals surface area contributed by atoms with E-state index in [1.807, 2.05) is 32.2 Å². The van der Waals surface area contributed by atoms with E-state index in [-0.39, 0.29) is 5.43 Å². The van der Waals surface area contributed by atoms with Crippen LogP contribution in [-0.2, 0) is 13.1 Å². The molecule has 3 nitrogen and oxygen atoms in total. The molecule has 0 radical (unpaired) electrons. The average molecular weight is 310 g/mol. The number of H-pyrrole nitrogens is 1. The maximum Gasteiger partial charge on any atom is 0.194 e. The maximum absolute atomic E-state index is 13.4. The lowest BCUT2D eigenvalue weighted by Gasteiger charge is -2.18. The molecule has 0 atom stereocenters. The van der Waals surface area contributed by atoms with E-state index < -0.39 is 5.82 Å². The van der Waals surface area contributed by atoms with E-state index in [2.05, 4.69) is 22.0 Å². The van der Waals surface area contributed by atoms with Crippen molar-refractivity contribution in [2.24, 2.45) is 0 Å². The summed E-state index contributed by atoms with van der Waals surface area (Å²) in [6.45, 7) is 3.15. The minimum Gasteiger partial charge on any atom is -0.358 e. The van der Waals surface area contributed by atoms with Gasteiger partial charge in [-0.3, -0.25) is 9.69 Å². The van der Waals surface area contributed by atoms with Crippen molar-refractivity contribution in [3.8, 4) is 0 Å². The molecule has 23 heavy (non-hydrogen) atoms. The highest BCUT2D eigenvalue weighted by molar-refractivity contribution is 5.79. The summed E-state index contributed by atoms with van der Waals surface area (Å²) in [6.07, 6.45) is 0. The summed E-state index contributed by atoms with van der Waals surface area (Å²) in [6, 6.07) is 14.4. The van der Waals surface area contributed by atoms with Gasteiger partial charge in [0, 0.05) is 35.2 Å². The average Bonchev–Trinajstić information content (AvgIpc) is 2.53. The summed E-state index contributed by atoms with van der Waals surface area (Å²) in [7, 11) is 1.97.